The quantitative estimate of drug-likeness (QED) is 0.657. The first kappa shape index (κ1) is 15.0. The molecule has 3 N–H and O–H groups in total. The van der Waals surface area contributed by atoms with Crippen molar-refractivity contribution in [2.75, 3.05) is 11.5 Å². The van der Waals surface area contributed by atoms with Gasteiger partial charge in [0.2, 0.25) is 0 Å². The summed E-state index contributed by atoms with van der Waals surface area (Å²) in [6.07, 6.45) is 5.22. The number of aryl methyl sites for hydroxylation is 1. The third-order valence-corrected chi connectivity index (χ3v) is 6.88. The van der Waals surface area contributed by atoms with Crippen LogP contribution in [0.15, 0.2) is 24.3 Å². The lowest BCUT2D eigenvalue weighted by Crippen LogP contribution is -2.42. The highest BCUT2D eigenvalue weighted by Crippen LogP contribution is 2.36. The molecule has 1 heterocycles. The summed E-state index contributed by atoms with van der Waals surface area (Å²) in [6.45, 7) is 0. The van der Waals surface area contributed by atoms with Crippen LogP contribution in [0.1, 0.15) is 42.7 Å². The molecule has 21 heavy (non-hydrogen) atoms. The molecule has 3 atom stereocenters. The molecule has 4 nitrogen and oxygen atoms in total. The Morgan fingerprint density at radius 1 is 1.29 bits per heavy atom. The van der Waals surface area contributed by atoms with Crippen molar-refractivity contribution < 1.29 is 8.42 Å². The van der Waals surface area contributed by atoms with Crippen LogP contribution in [-0.4, -0.2) is 26.0 Å². The number of nitrogens with one attached hydrogen (secondary N) is 1. The van der Waals surface area contributed by atoms with Crippen molar-refractivity contribution in [3.63, 3.8) is 0 Å². The standard InChI is InChI=1S/C16H24N2O2S/c17-18-16(14-8-9-21(19,20)11-14)10-13-6-3-5-12-4-1-2-7-15(12)13/h1-2,4,7,13-14,16,18H,3,5-6,8-11,17H2. The molecule has 116 valence electrons. The second-order valence-corrected chi connectivity index (χ2v) is 8.69. The van der Waals surface area contributed by atoms with E-state index in [0.29, 0.717) is 11.7 Å². The molecule has 3 rings (SSSR count). The molecule has 0 bridgehead atoms. The molecule has 1 saturated heterocycles. The van der Waals surface area contributed by atoms with Crippen LogP contribution in [-0.2, 0) is 16.3 Å². The van der Waals surface area contributed by atoms with Crippen LogP contribution in [0.2, 0.25) is 0 Å². The third-order valence-electron chi connectivity index (χ3n) is 5.08. The molecule has 1 aliphatic heterocycles. The lowest BCUT2D eigenvalue weighted by molar-refractivity contribution is 0.330. The maximum atomic E-state index is 11.7. The van der Waals surface area contributed by atoms with Crippen molar-refractivity contribution in [3.8, 4) is 0 Å². The van der Waals surface area contributed by atoms with Crippen molar-refractivity contribution in [1.29, 1.82) is 0 Å². The summed E-state index contributed by atoms with van der Waals surface area (Å²) in [5.41, 5.74) is 5.78. The van der Waals surface area contributed by atoms with Crippen molar-refractivity contribution in [3.05, 3.63) is 35.4 Å². The molecule has 0 radical (unpaired) electrons. The number of fused-ring (bicyclic) bond motifs is 1. The molecule has 0 aromatic heterocycles. The average molecular weight is 308 g/mol. The van der Waals surface area contributed by atoms with E-state index in [4.69, 9.17) is 5.84 Å². The Balaban J connectivity index is 1.74. The van der Waals surface area contributed by atoms with E-state index in [1.807, 2.05) is 0 Å². The normalized spacial score (nSPS) is 29.0. The van der Waals surface area contributed by atoms with Gasteiger partial charge in [-0.05, 0) is 55.1 Å². The van der Waals surface area contributed by atoms with Crippen molar-refractivity contribution in [2.24, 2.45) is 11.8 Å². The fourth-order valence-corrected chi connectivity index (χ4v) is 5.82. The van der Waals surface area contributed by atoms with E-state index in [2.05, 4.69) is 29.7 Å². The Labute approximate surface area is 127 Å². The van der Waals surface area contributed by atoms with Gasteiger partial charge in [0.25, 0.3) is 0 Å². The minimum Gasteiger partial charge on any atom is -0.271 e. The van der Waals surface area contributed by atoms with E-state index in [1.165, 1.54) is 24.0 Å². The maximum Gasteiger partial charge on any atom is 0.150 e. The summed E-state index contributed by atoms with van der Waals surface area (Å²) in [6, 6.07) is 8.73. The van der Waals surface area contributed by atoms with Gasteiger partial charge in [-0.1, -0.05) is 24.3 Å². The molecule has 1 aliphatic carbocycles. The predicted molar refractivity (Wildman–Crippen MR) is 84.6 cm³/mol. The lowest BCUT2D eigenvalue weighted by Gasteiger charge is -2.31. The Morgan fingerprint density at radius 2 is 2.10 bits per heavy atom. The summed E-state index contributed by atoms with van der Waals surface area (Å²) >= 11 is 0. The molecule has 1 aromatic carbocycles. The average Bonchev–Trinajstić information content (AvgIpc) is 2.85. The van der Waals surface area contributed by atoms with Gasteiger partial charge in [-0.25, -0.2) is 8.42 Å². The summed E-state index contributed by atoms with van der Waals surface area (Å²) in [5.74, 6) is 7.00. The van der Waals surface area contributed by atoms with Crippen LogP contribution in [0, 0.1) is 5.92 Å². The van der Waals surface area contributed by atoms with E-state index in [-0.39, 0.29) is 17.7 Å². The fourth-order valence-electron chi connectivity index (χ4n) is 3.94. The van der Waals surface area contributed by atoms with E-state index in [0.717, 1.165) is 19.3 Å². The number of rotatable bonds is 4. The molecule has 1 fully saturated rings. The van der Waals surface area contributed by atoms with Gasteiger partial charge in [0.1, 0.15) is 0 Å². The Hall–Kier alpha value is -0.910. The van der Waals surface area contributed by atoms with Crippen LogP contribution >= 0.6 is 0 Å². The van der Waals surface area contributed by atoms with Crippen LogP contribution in [0.25, 0.3) is 0 Å². The van der Waals surface area contributed by atoms with Gasteiger partial charge in [-0.3, -0.25) is 11.3 Å². The second kappa shape index (κ2) is 6.07. The number of hydrazine groups is 1. The summed E-state index contributed by atoms with van der Waals surface area (Å²) < 4.78 is 23.4. The minimum absolute atomic E-state index is 0.0958. The van der Waals surface area contributed by atoms with Gasteiger partial charge in [-0.15, -0.1) is 0 Å². The van der Waals surface area contributed by atoms with Gasteiger partial charge in [0.15, 0.2) is 9.84 Å². The Kier molecular flexibility index (Phi) is 4.33. The smallest absolute Gasteiger partial charge is 0.150 e. The largest absolute Gasteiger partial charge is 0.271 e. The summed E-state index contributed by atoms with van der Waals surface area (Å²) in [5, 5.41) is 0. The predicted octanol–water partition coefficient (Wildman–Crippen LogP) is 1.76. The molecule has 2 aliphatic rings. The maximum absolute atomic E-state index is 11.7. The van der Waals surface area contributed by atoms with Gasteiger partial charge in [0.05, 0.1) is 11.5 Å². The first-order valence-electron chi connectivity index (χ1n) is 7.83. The summed E-state index contributed by atoms with van der Waals surface area (Å²) in [7, 11) is -2.85. The molecule has 0 spiro atoms. The second-order valence-electron chi connectivity index (χ2n) is 6.46. The van der Waals surface area contributed by atoms with Gasteiger partial charge < -0.3 is 0 Å². The van der Waals surface area contributed by atoms with E-state index >= 15 is 0 Å². The number of hydrogen-bond donors (Lipinski definition) is 2. The van der Waals surface area contributed by atoms with Crippen molar-refractivity contribution in [1.82, 2.24) is 5.43 Å². The van der Waals surface area contributed by atoms with Crippen LogP contribution < -0.4 is 11.3 Å². The van der Waals surface area contributed by atoms with E-state index < -0.39 is 9.84 Å². The van der Waals surface area contributed by atoms with Crippen LogP contribution in [0.4, 0.5) is 0 Å². The molecule has 3 unspecified atom stereocenters. The first-order valence-corrected chi connectivity index (χ1v) is 9.65. The number of nitrogens with two attached hydrogens (primary N) is 1. The van der Waals surface area contributed by atoms with Gasteiger partial charge in [-0.2, -0.15) is 0 Å². The lowest BCUT2D eigenvalue weighted by atomic mass is 9.78. The summed E-state index contributed by atoms with van der Waals surface area (Å²) in [4.78, 5) is 0. The minimum atomic E-state index is -2.85. The molecule has 0 saturated carbocycles. The van der Waals surface area contributed by atoms with Gasteiger partial charge in [0, 0.05) is 6.04 Å². The fraction of sp³-hybridized carbons (Fsp3) is 0.625. The molecule has 5 heteroatoms. The number of sulfone groups is 1. The van der Waals surface area contributed by atoms with Crippen molar-refractivity contribution in [2.45, 2.75) is 44.1 Å². The van der Waals surface area contributed by atoms with E-state index in [1.54, 1.807) is 0 Å². The highest BCUT2D eigenvalue weighted by atomic mass is 32.2. The Morgan fingerprint density at radius 3 is 2.81 bits per heavy atom. The number of hydrogen-bond acceptors (Lipinski definition) is 4. The molecular weight excluding hydrogens is 284 g/mol. The molecular formula is C16H24N2O2S. The van der Waals surface area contributed by atoms with Crippen molar-refractivity contribution >= 4 is 9.84 Å². The topological polar surface area (TPSA) is 72.2 Å². The Bertz CT molecular complexity index is 600. The van der Waals surface area contributed by atoms with Crippen LogP contribution in [0.5, 0.6) is 0 Å². The zero-order chi connectivity index (χ0) is 14.9. The SMILES string of the molecule is NNC(CC1CCCc2ccccc21)C1CCS(=O)(=O)C1. The van der Waals surface area contributed by atoms with Crippen LogP contribution in [0.3, 0.4) is 0 Å². The highest BCUT2D eigenvalue weighted by molar-refractivity contribution is 7.91. The third kappa shape index (κ3) is 3.30. The zero-order valence-corrected chi connectivity index (χ0v) is 13.1. The molecule has 0 amide bonds. The van der Waals surface area contributed by atoms with E-state index in [9.17, 15) is 8.42 Å². The van der Waals surface area contributed by atoms with Gasteiger partial charge >= 0.3 is 0 Å². The number of benzene rings is 1. The highest BCUT2D eigenvalue weighted by Gasteiger charge is 2.35. The molecule has 1 aromatic rings. The monoisotopic (exact) mass is 308 g/mol. The zero-order valence-electron chi connectivity index (χ0n) is 12.3. The first-order chi connectivity index (χ1) is 10.1.